The maximum atomic E-state index is 5.75. The molecule has 118 valence electrons. The fraction of sp³-hybridized carbons (Fsp3) is 0.400. The van der Waals surface area contributed by atoms with Gasteiger partial charge in [-0.3, -0.25) is 0 Å². The summed E-state index contributed by atoms with van der Waals surface area (Å²) in [5.41, 5.74) is 2.59. The van der Waals surface area contributed by atoms with Gasteiger partial charge < -0.3 is 10.1 Å². The normalized spacial score (nSPS) is 12.4. The first-order chi connectivity index (χ1) is 10.6. The number of ether oxygens (including phenoxy) is 1. The Morgan fingerprint density at radius 3 is 2.23 bits per heavy atom. The van der Waals surface area contributed by atoms with E-state index in [1.54, 1.807) is 0 Å². The first kappa shape index (κ1) is 16.6. The Kier molecular flexibility index (Phi) is 6.47. The molecule has 0 aromatic heterocycles. The molecular weight excluding hydrogens is 270 g/mol. The van der Waals surface area contributed by atoms with Crippen LogP contribution in [0.25, 0.3) is 0 Å². The van der Waals surface area contributed by atoms with Gasteiger partial charge in [-0.25, -0.2) is 0 Å². The van der Waals surface area contributed by atoms with Crippen molar-refractivity contribution in [2.45, 2.75) is 39.8 Å². The summed E-state index contributed by atoms with van der Waals surface area (Å²) in [6.45, 7) is 8.28. The lowest BCUT2D eigenvalue weighted by atomic mass is 10.1. The largest absolute Gasteiger partial charge is 0.494 e. The zero-order chi connectivity index (χ0) is 15.8. The third-order valence-corrected chi connectivity index (χ3v) is 3.80. The Labute approximate surface area is 134 Å². The van der Waals surface area contributed by atoms with Crippen molar-refractivity contribution in [2.24, 2.45) is 5.92 Å². The Bertz CT molecular complexity index is 533. The lowest BCUT2D eigenvalue weighted by Gasteiger charge is -2.14. The van der Waals surface area contributed by atoms with Crippen molar-refractivity contribution < 1.29 is 4.74 Å². The number of hydrogen-bond donors (Lipinski definition) is 1. The second kappa shape index (κ2) is 8.60. The van der Waals surface area contributed by atoms with Crippen molar-refractivity contribution >= 4 is 0 Å². The van der Waals surface area contributed by atoms with Crippen LogP contribution in [0.1, 0.15) is 44.4 Å². The highest BCUT2D eigenvalue weighted by molar-refractivity contribution is 5.27. The molecule has 0 fully saturated rings. The van der Waals surface area contributed by atoms with Gasteiger partial charge in [-0.05, 0) is 42.5 Å². The molecule has 2 aromatic rings. The lowest BCUT2D eigenvalue weighted by Crippen LogP contribution is -2.17. The summed E-state index contributed by atoms with van der Waals surface area (Å²) in [7, 11) is 0. The minimum atomic E-state index is 0.350. The van der Waals surface area contributed by atoms with E-state index in [1.165, 1.54) is 11.1 Å². The molecule has 0 saturated heterocycles. The molecular formula is C20H27NO. The van der Waals surface area contributed by atoms with Crippen LogP contribution in [-0.4, -0.2) is 6.61 Å². The van der Waals surface area contributed by atoms with E-state index in [1.807, 2.05) is 6.07 Å². The summed E-state index contributed by atoms with van der Waals surface area (Å²) < 4.78 is 5.75. The molecule has 0 aliphatic carbocycles. The highest BCUT2D eigenvalue weighted by atomic mass is 16.5. The van der Waals surface area contributed by atoms with Gasteiger partial charge in [-0.15, -0.1) is 0 Å². The first-order valence-electron chi connectivity index (χ1n) is 8.15. The predicted octanol–water partition coefficient (Wildman–Crippen LogP) is 4.96. The minimum Gasteiger partial charge on any atom is -0.494 e. The minimum absolute atomic E-state index is 0.350. The molecule has 0 amide bonds. The van der Waals surface area contributed by atoms with Gasteiger partial charge in [0.25, 0.3) is 0 Å². The van der Waals surface area contributed by atoms with Gasteiger partial charge in [0.1, 0.15) is 5.75 Å². The monoisotopic (exact) mass is 297 g/mol. The van der Waals surface area contributed by atoms with Gasteiger partial charge in [0.2, 0.25) is 0 Å². The standard InChI is InChI=1S/C20H27NO/c1-16(2)13-14-22-20-11-9-18(10-12-20)15-21-17(3)19-7-5-4-6-8-19/h4-12,16-17,21H,13-15H2,1-3H3. The van der Waals surface area contributed by atoms with Crippen molar-refractivity contribution in [2.75, 3.05) is 6.61 Å². The molecule has 2 aromatic carbocycles. The van der Waals surface area contributed by atoms with E-state index in [0.29, 0.717) is 12.0 Å². The maximum absolute atomic E-state index is 5.75. The first-order valence-corrected chi connectivity index (χ1v) is 8.15. The topological polar surface area (TPSA) is 21.3 Å². The molecule has 0 aliphatic rings. The Hall–Kier alpha value is -1.80. The Morgan fingerprint density at radius 1 is 0.909 bits per heavy atom. The van der Waals surface area contributed by atoms with E-state index in [9.17, 15) is 0 Å². The molecule has 1 unspecified atom stereocenters. The lowest BCUT2D eigenvalue weighted by molar-refractivity contribution is 0.289. The summed E-state index contributed by atoms with van der Waals surface area (Å²) >= 11 is 0. The summed E-state index contributed by atoms with van der Waals surface area (Å²) in [4.78, 5) is 0. The molecule has 2 nitrogen and oxygen atoms in total. The van der Waals surface area contributed by atoms with E-state index >= 15 is 0 Å². The zero-order valence-corrected chi connectivity index (χ0v) is 13.9. The van der Waals surface area contributed by atoms with Crippen molar-refractivity contribution in [1.29, 1.82) is 0 Å². The molecule has 0 spiro atoms. The quantitative estimate of drug-likeness (QED) is 0.743. The van der Waals surface area contributed by atoms with Crippen LogP contribution in [-0.2, 0) is 6.54 Å². The van der Waals surface area contributed by atoms with Gasteiger partial charge in [0.15, 0.2) is 0 Å². The number of nitrogens with one attached hydrogen (secondary N) is 1. The Morgan fingerprint density at radius 2 is 1.59 bits per heavy atom. The van der Waals surface area contributed by atoms with Crippen LogP contribution in [0.5, 0.6) is 5.75 Å². The zero-order valence-electron chi connectivity index (χ0n) is 13.9. The molecule has 22 heavy (non-hydrogen) atoms. The highest BCUT2D eigenvalue weighted by Gasteiger charge is 2.04. The fourth-order valence-electron chi connectivity index (χ4n) is 2.25. The van der Waals surface area contributed by atoms with Crippen LogP contribution in [0.2, 0.25) is 0 Å². The molecule has 0 bridgehead atoms. The molecule has 2 rings (SSSR count). The molecule has 0 radical (unpaired) electrons. The second-order valence-corrected chi connectivity index (χ2v) is 6.19. The molecule has 1 N–H and O–H groups in total. The van der Waals surface area contributed by atoms with Crippen molar-refractivity contribution in [3.63, 3.8) is 0 Å². The third-order valence-electron chi connectivity index (χ3n) is 3.80. The molecule has 0 saturated carbocycles. The third kappa shape index (κ3) is 5.53. The van der Waals surface area contributed by atoms with Gasteiger partial charge in [-0.1, -0.05) is 56.3 Å². The van der Waals surface area contributed by atoms with Crippen LogP contribution < -0.4 is 10.1 Å². The van der Waals surface area contributed by atoms with E-state index in [2.05, 4.69) is 74.6 Å². The van der Waals surface area contributed by atoms with Crippen LogP contribution in [0.3, 0.4) is 0 Å². The smallest absolute Gasteiger partial charge is 0.119 e. The van der Waals surface area contributed by atoms with Crippen molar-refractivity contribution in [1.82, 2.24) is 5.32 Å². The SMILES string of the molecule is CC(C)CCOc1ccc(CNC(C)c2ccccc2)cc1. The van der Waals surface area contributed by atoms with Gasteiger partial charge >= 0.3 is 0 Å². The molecule has 0 aliphatic heterocycles. The van der Waals surface area contributed by atoms with Crippen LogP contribution in [0.15, 0.2) is 54.6 Å². The summed E-state index contributed by atoms with van der Waals surface area (Å²) in [6, 6.07) is 19.3. The van der Waals surface area contributed by atoms with Crippen LogP contribution >= 0.6 is 0 Å². The van der Waals surface area contributed by atoms with Crippen LogP contribution in [0, 0.1) is 5.92 Å². The highest BCUT2D eigenvalue weighted by Crippen LogP contribution is 2.15. The van der Waals surface area contributed by atoms with Gasteiger partial charge in [0, 0.05) is 12.6 Å². The number of hydrogen-bond acceptors (Lipinski definition) is 2. The van der Waals surface area contributed by atoms with Crippen molar-refractivity contribution in [3.8, 4) is 5.75 Å². The van der Waals surface area contributed by atoms with Gasteiger partial charge in [-0.2, -0.15) is 0 Å². The van der Waals surface area contributed by atoms with Crippen LogP contribution in [0.4, 0.5) is 0 Å². The number of rotatable bonds is 8. The summed E-state index contributed by atoms with van der Waals surface area (Å²) in [5, 5.41) is 3.55. The van der Waals surface area contributed by atoms with E-state index in [4.69, 9.17) is 4.74 Å². The number of benzene rings is 2. The summed E-state index contributed by atoms with van der Waals surface area (Å²) in [6.07, 6.45) is 1.10. The fourth-order valence-corrected chi connectivity index (χ4v) is 2.25. The molecule has 2 heteroatoms. The van der Waals surface area contributed by atoms with E-state index in [-0.39, 0.29) is 0 Å². The average molecular weight is 297 g/mol. The second-order valence-electron chi connectivity index (χ2n) is 6.19. The van der Waals surface area contributed by atoms with Gasteiger partial charge in [0.05, 0.1) is 6.61 Å². The average Bonchev–Trinajstić information content (AvgIpc) is 2.54. The molecule has 0 heterocycles. The van der Waals surface area contributed by atoms with Crippen molar-refractivity contribution in [3.05, 3.63) is 65.7 Å². The Balaban J connectivity index is 1.79. The maximum Gasteiger partial charge on any atom is 0.119 e. The van der Waals surface area contributed by atoms with E-state index in [0.717, 1.165) is 25.3 Å². The summed E-state index contributed by atoms with van der Waals surface area (Å²) in [5.74, 6) is 1.64. The predicted molar refractivity (Wildman–Crippen MR) is 93.1 cm³/mol. The van der Waals surface area contributed by atoms with E-state index < -0.39 is 0 Å². The molecule has 1 atom stereocenters.